The van der Waals surface area contributed by atoms with Gasteiger partial charge in [-0.25, -0.2) is 0 Å². The predicted octanol–water partition coefficient (Wildman–Crippen LogP) is 1.62. The van der Waals surface area contributed by atoms with Gasteiger partial charge in [-0.2, -0.15) is 25.3 Å². The Bertz CT molecular complexity index is 2330. The van der Waals surface area contributed by atoms with Gasteiger partial charge in [0.1, 0.15) is 49.3 Å². The van der Waals surface area contributed by atoms with Crippen LogP contribution in [0, 0.1) is 62.3 Å². The first kappa shape index (κ1) is 47.1. The maximum Gasteiger partial charge on any atom is 0.297 e. The molecule has 0 aliphatic carbocycles. The number of ether oxygens (including phenoxy) is 3. The molecule has 0 bridgehead atoms. The predicted molar refractivity (Wildman–Crippen MR) is 209 cm³/mol. The van der Waals surface area contributed by atoms with E-state index >= 15 is 0 Å². The van der Waals surface area contributed by atoms with Crippen LogP contribution in [0.5, 0.6) is 0 Å². The molecule has 0 saturated carbocycles. The number of rotatable bonds is 14. The Morgan fingerprint density at radius 3 is 1.25 bits per heavy atom. The van der Waals surface area contributed by atoms with E-state index in [9.17, 15) is 50.8 Å². The van der Waals surface area contributed by atoms with E-state index in [2.05, 4.69) is 0 Å². The molecule has 3 aromatic carbocycles. The standard InChI is InChI=1S/C39H52O17S3/c1-19-10-22(4)34(23(5)11-19)57(45,46)51-16-28-30(40)32(42)33(43)38(54-28)56-39(18-53-59(49,50)36-26(8)14-21(3)15-27(36)9)37(44)31(41)29(55-39)17-52-58(47,48)35-24(6)12-20(2)13-25(35)7/h10-15,28-33,37-38,40-44H,16-18H2,1-9H3/t28-,29-,30-,31-,32+,33-,37+,38-,39+/m1/s1. The average Bonchev–Trinajstić information content (AvgIpc) is 3.32. The highest BCUT2D eigenvalue weighted by Crippen LogP contribution is 2.39. The van der Waals surface area contributed by atoms with Gasteiger partial charge >= 0.3 is 0 Å². The lowest BCUT2D eigenvalue weighted by Gasteiger charge is -2.43. The van der Waals surface area contributed by atoms with E-state index in [1.165, 1.54) is 13.8 Å². The quantitative estimate of drug-likeness (QED) is 0.144. The lowest BCUT2D eigenvalue weighted by atomic mass is 9.99. The van der Waals surface area contributed by atoms with Crippen LogP contribution in [0.2, 0.25) is 0 Å². The fourth-order valence-corrected chi connectivity index (χ4v) is 11.9. The van der Waals surface area contributed by atoms with Crippen molar-refractivity contribution in [3.63, 3.8) is 0 Å². The minimum Gasteiger partial charge on any atom is -0.387 e. The summed E-state index contributed by atoms with van der Waals surface area (Å²) < 4.78 is 114. The molecule has 9 atom stereocenters. The van der Waals surface area contributed by atoms with Crippen molar-refractivity contribution in [2.24, 2.45) is 0 Å². The molecule has 59 heavy (non-hydrogen) atoms. The van der Waals surface area contributed by atoms with Crippen molar-refractivity contribution < 1.29 is 77.5 Å². The Morgan fingerprint density at radius 2 is 0.864 bits per heavy atom. The second-order valence-electron chi connectivity index (χ2n) is 15.4. The molecule has 0 radical (unpaired) electrons. The van der Waals surface area contributed by atoms with Crippen LogP contribution in [0.25, 0.3) is 0 Å². The summed E-state index contributed by atoms with van der Waals surface area (Å²) in [6, 6.07) is 9.69. The second-order valence-corrected chi connectivity index (χ2v) is 20.1. The van der Waals surface area contributed by atoms with Gasteiger partial charge in [0.05, 0.1) is 27.9 Å². The highest BCUT2D eigenvalue weighted by atomic mass is 32.2. The molecule has 2 fully saturated rings. The minimum absolute atomic E-state index is 0.141. The number of aryl methyl sites for hydroxylation is 9. The van der Waals surface area contributed by atoms with Crippen LogP contribution in [0.3, 0.4) is 0 Å². The maximum atomic E-state index is 13.7. The summed E-state index contributed by atoms with van der Waals surface area (Å²) in [6.07, 6.45) is -16.3. The summed E-state index contributed by atoms with van der Waals surface area (Å²) in [5, 5.41) is 55.6. The lowest BCUT2D eigenvalue weighted by molar-refractivity contribution is -0.381. The van der Waals surface area contributed by atoms with E-state index in [4.69, 9.17) is 26.8 Å². The third kappa shape index (κ3) is 9.76. The molecule has 2 saturated heterocycles. The van der Waals surface area contributed by atoms with Crippen LogP contribution in [0.1, 0.15) is 50.1 Å². The summed E-state index contributed by atoms with van der Waals surface area (Å²) in [5.74, 6) is -2.83. The van der Waals surface area contributed by atoms with Crippen molar-refractivity contribution in [2.45, 2.75) is 132 Å². The van der Waals surface area contributed by atoms with Crippen LogP contribution in [-0.2, 0) is 57.1 Å². The average molecular weight is 889 g/mol. The molecule has 17 nitrogen and oxygen atoms in total. The summed E-state index contributed by atoms with van der Waals surface area (Å²) in [4.78, 5) is -0.519. The van der Waals surface area contributed by atoms with Gasteiger partial charge < -0.3 is 39.7 Å². The van der Waals surface area contributed by atoms with Crippen LogP contribution in [-0.4, -0.2) is 125 Å². The Hall–Kier alpha value is -2.93. The summed E-state index contributed by atoms with van der Waals surface area (Å²) >= 11 is 0. The fraction of sp³-hybridized carbons (Fsp3) is 0.538. The molecule has 5 N–H and O–H groups in total. The van der Waals surface area contributed by atoms with Crippen molar-refractivity contribution in [1.29, 1.82) is 0 Å². The SMILES string of the molecule is Cc1cc(C)c(S(=O)(=O)OC[C@H]2O[C@@](COS(=O)(=O)c3c(C)cc(C)cc3C)(O[C@H]3O[C@H](COS(=O)(=O)c4c(C)cc(C)cc4C)[C@@H](O)[C@H](O)[C@H]3O)[C@@H](O)[C@@H]2O)c(C)c1. The van der Waals surface area contributed by atoms with Crippen LogP contribution < -0.4 is 0 Å². The van der Waals surface area contributed by atoms with E-state index in [1.54, 1.807) is 84.9 Å². The molecular formula is C39H52O17S3. The van der Waals surface area contributed by atoms with Crippen molar-refractivity contribution in [3.8, 4) is 0 Å². The topological polar surface area (TPSA) is 259 Å². The van der Waals surface area contributed by atoms with Gasteiger partial charge in [-0.3, -0.25) is 12.5 Å². The number of benzene rings is 3. The largest absolute Gasteiger partial charge is 0.387 e. The molecule has 20 heteroatoms. The Balaban J connectivity index is 1.46. The van der Waals surface area contributed by atoms with Gasteiger partial charge in [-0.15, -0.1) is 0 Å². The van der Waals surface area contributed by atoms with Gasteiger partial charge in [0.15, 0.2) is 6.29 Å². The van der Waals surface area contributed by atoms with Crippen molar-refractivity contribution in [3.05, 3.63) is 86.5 Å². The van der Waals surface area contributed by atoms with Gasteiger partial charge in [-0.1, -0.05) is 53.1 Å². The highest BCUT2D eigenvalue weighted by Gasteiger charge is 2.60. The summed E-state index contributed by atoms with van der Waals surface area (Å²) in [7, 11) is -13.7. The van der Waals surface area contributed by atoms with E-state index < -0.39 is 105 Å². The Morgan fingerprint density at radius 1 is 0.508 bits per heavy atom. The lowest BCUT2D eigenvalue weighted by Crippen LogP contribution is -2.63. The summed E-state index contributed by atoms with van der Waals surface area (Å²) in [5.41, 5.74) is 4.44. The first-order chi connectivity index (χ1) is 27.2. The maximum absolute atomic E-state index is 13.7. The first-order valence-electron chi connectivity index (χ1n) is 18.5. The third-order valence-electron chi connectivity index (χ3n) is 10.2. The fourth-order valence-electron chi connectivity index (χ4n) is 7.92. The van der Waals surface area contributed by atoms with E-state index in [1.807, 2.05) is 0 Å². The van der Waals surface area contributed by atoms with E-state index in [0.29, 0.717) is 33.4 Å². The van der Waals surface area contributed by atoms with Gasteiger partial charge in [0, 0.05) is 0 Å². The third-order valence-corrected chi connectivity index (χ3v) is 15.0. The van der Waals surface area contributed by atoms with Crippen molar-refractivity contribution in [1.82, 2.24) is 0 Å². The zero-order valence-corrected chi connectivity index (χ0v) is 36.5. The summed E-state index contributed by atoms with van der Waals surface area (Å²) in [6.45, 7) is 11.5. The molecule has 0 amide bonds. The van der Waals surface area contributed by atoms with Gasteiger partial charge in [-0.05, 0) is 95.7 Å². The monoisotopic (exact) mass is 888 g/mol. The Kier molecular flexibility index (Phi) is 13.9. The molecule has 3 aromatic rings. The molecule has 0 aromatic heterocycles. The zero-order chi connectivity index (χ0) is 44.2. The number of hydrogen-bond acceptors (Lipinski definition) is 17. The second kappa shape index (κ2) is 17.4. The molecule has 328 valence electrons. The molecule has 2 heterocycles. The normalized spacial score (nSPS) is 28.0. The number of aliphatic hydroxyl groups excluding tert-OH is 5. The minimum atomic E-state index is -4.71. The van der Waals surface area contributed by atoms with Gasteiger partial charge in [0.25, 0.3) is 30.4 Å². The van der Waals surface area contributed by atoms with E-state index in [0.717, 1.165) is 16.7 Å². The molecular weight excluding hydrogens is 837 g/mol. The van der Waals surface area contributed by atoms with Crippen molar-refractivity contribution in [2.75, 3.05) is 19.8 Å². The van der Waals surface area contributed by atoms with Crippen LogP contribution in [0.4, 0.5) is 0 Å². The first-order valence-corrected chi connectivity index (χ1v) is 22.8. The number of aliphatic hydroxyl groups is 5. The molecule has 0 spiro atoms. The Labute approximate surface area is 344 Å². The molecule has 0 unspecified atom stereocenters. The molecule has 2 aliphatic rings. The van der Waals surface area contributed by atoms with E-state index in [-0.39, 0.29) is 14.7 Å². The van der Waals surface area contributed by atoms with Gasteiger partial charge in [0.2, 0.25) is 5.79 Å². The molecule has 5 rings (SSSR count). The van der Waals surface area contributed by atoms with Crippen LogP contribution >= 0.6 is 0 Å². The number of hydrogen-bond donors (Lipinski definition) is 5. The van der Waals surface area contributed by atoms with Crippen molar-refractivity contribution >= 4 is 30.4 Å². The van der Waals surface area contributed by atoms with Crippen LogP contribution in [0.15, 0.2) is 51.1 Å². The zero-order valence-electron chi connectivity index (χ0n) is 34.1. The highest BCUT2D eigenvalue weighted by molar-refractivity contribution is 7.87. The smallest absolute Gasteiger partial charge is 0.297 e. The molecule has 2 aliphatic heterocycles.